The van der Waals surface area contributed by atoms with Crippen LogP contribution in [0.4, 0.5) is 17.1 Å². The highest BCUT2D eigenvalue weighted by Gasteiger charge is 2.20. The van der Waals surface area contributed by atoms with Crippen LogP contribution in [0.2, 0.25) is 0 Å². The molecule has 11 rings (SSSR count). The Morgan fingerprint density at radius 1 is 0.377 bits per heavy atom. The van der Waals surface area contributed by atoms with Gasteiger partial charge in [-0.25, -0.2) is 0 Å². The molecule has 0 radical (unpaired) electrons. The Balaban J connectivity index is 1.09. The second kappa shape index (κ2) is 11.9. The summed E-state index contributed by atoms with van der Waals surface area (Å²) in [5, 5.41) is 9.86. The molecule has 2 nitrogen and oxygen atoms in total. The van der Waals surface area contributed by atoms with E-state index in [-0.39, 0.29) is 0 Å². The lowest BCUT2D eigenvalue weighted by atomic mass is 9.93. The minimum atomic E-state index is 0.871. The minimum absolute atomic E-state index is 0.871. The molecular formula is C50H31NOS. The summed E-state index contributed by atoms with van der Waals surface area (Å²) >= 11 is 1.85. The number of benzene rings is 9. The third kappa shape index (κ3) is 4.86. The van der Waals surface area contributed by atoms with Gasteiger partial charge in [0.15, 0.2) is 0 Å². The highest BCUT2D eigenvalue weighted by molar-refractivity contribution is 7.26. The molecule has 2 heterocycles. The Bertz CT molecular complexity index is 3170. The van der Waals surface area contributed by atoms with Gasteiger partial charge in [0.05, 0.1) is 10.4 Å². The van der Waals surface area contributed by atoms with Crippen molar-refractivity contribution < 1.29 is 4.42 Å². The molecule has 0 aliphatic carbocycles. The van der Waals surface area contributed by atoms with Crippen molar-refractivity contribution in [3.63, 3.8) is 0 Å². The van der Waals surface area contributed by atoms with Crippen molar-refractivity contribution in [3.05, 3.63) is 188 Å². The van der Waals surface area contributed by atoms with Crippen molar-refractivity contribution in [2.45, 2.75) is 0 Å². The summed E-state index contributed by atoms with van der Waals surface area (Å²) in [6.07, 6.45) is 0. The zero-order valence-corrected chi connectivity index (χ0v) is 29.5. The number of hydrogen-bond donors (Lipinski definition) is 0. The molecule has 0 saturated carbocycles. The molecule has 53 heavy (non-hydrogen) atoms. The number of fused-ring (bicyclic) bond motifs is 9. The third-order valence-electron chi connectivity index (χ3n) is 10.7. The molecule has 9 aromatic carbocycles. The highest BCUT2D eigenvalue weighted by Crippen LogP contribution is 2.46. The zero-order valence-electron chi connectivity index (χ0n) is 28.7. The lowest BCUT2D eigenvalue weighted by Crippen LogP contribution is -2.10. The molecule has 0 N–H and O–H groups in total. The maximum absolute atomic E-state index is 6.64. The summed E-state index contributed by atoms with van der Waals surface area (Å²) in [6, 6.07) is 67.9. The van der Waals surface area contributed by atoms with Crippen LogP contribution >= 0.6 is 11.3 Å². The number of nitrogens with zero attached hydrogens (tertiary/aromatic N) is 1. The molecule has 0 fully saturated rings. The maximum Gasteiger partial charge on any atom is 0.137 e. The monoisotopic (exact) mass is 693 g/mol. The number of hydrogen-bond acceptors (Lipinski definition) is 3. The van der Waals surface area contributed by atoms with Gasteiger partial charge in [-0.15, -0.1) is 11.3 Å². The van der Waals surface area contributed by atoms with Crippen LogP contribution in [0.15, 0.2) is 192 Å². The predicted molar refractivity (Wildman–Crippen MR) is 227 cm³/mol. The van der Waals surface area contributed by atoms with Crippen LogP contribution in [0.3, 0.4) is 0 Å². The fourth-order valence-electron chi connectivity index (χ4n) is 8.13. The quantitative estimate of drug-likeness (QED) is 0.167. The standard InChI is InChI=1S/C50H31NOS/c1-2-11-32(12-3-1)34-23-27-41-42-28-26-37(31-48(42)52-47(41)30-34)51(46-19-10-18-44-43-17-8-9-20-49(43)53-50(44)46)36-24-21-33(22-25-36)45-29-35-13-4-5-14-38(35)39-15-6-7-16-40(39)45/h1-31H. The Kier molecular flexibility index (Phi) is 6.76. The van der Waals surface area contributed by atoms with Crippen molar-refractivity contribution in [1.29, 1.82) is 0 Å². The van der Waals surface area contributed by atoms with E-state index >= 15 is 0 Å². The molecule has 248 valence electrons. The molecule has 0 bridgehead atoms. The summed E-state index contributed by atoms with van der Waals surface area (Å²) in [5.74, 6) is 0. The van der Waals surface area contributed by atoms with Gasteiger partial charge in [-0.2, -0.15) is 0 Å². The zero-order chi connectivity index (χ0) is 34.9. The number of rotatable bonds is 5. The minimum Gasteiger partial charge on any atom is -0.456 e. The van der Waals surface area contributed by atoms with E-state index in [0.717, 1.165) is 44.6 Å². The first kappa shape index (κ1) is 30.0. The largest absolute Gasteiger partial charge is 0.456 e. The smallest absolute Gasteiger partial charge is 0.137 e. The van der Waals surface area contributed by atoms with Crippen molar-refractivity contribution in [2.24, 2.45) is 0 Å². The Labute approximate surface area is 310 Å². The lowest BCUT2D eigenvalue weighted by molar-refractivity contribution is 0.669. The number of thiophene rings is 1. The fourth-order valence-corrected chi connectivity index (χ4v) is 9.34. The molecule has 0 spiro atoms. The molecule has 3 heteroatoms. The van der Waals surface area contributed by atoms with Crippen LogP contribution in [-0.4, -0.2) is 0 Å². The molecule has 0 amide bonds. The first-order valence-corrected chi connectivity index (χ1v) is 18.8. The van der Waals surface area contributed by atoms with Gasteiger partial charge in [0.25, 0.3) is 0 Å². The first-order valence-electron chi connectivity index (χ1n) is 18.0. The van der Waals surface area contributed by atoms with Gasteiger partial charge >= 0.3 is 0 Å². The molecular weight excluding hydrogens is 663 g/mol. The fraction of sp³-hybridized carbons (Fsp3) is 0. The summed E-state index contributed by atoms with van der Waals surface area (Å²) in [4.78, 5) is 2.39. The average molecular weight is 694 g/mol. The second-order valence-corrected chi connectivity index (χ2v) is 14.7. The topological polar surface area (TPSA) is 16.4 Å². The van der Waals surface area contributed by atoms with Crippen molar-refractivity contribution in [3.8, 4) is 22.3 Å². The average Bonchev–Trinajstić information content (AvgIpc) is 3.79. The summed E-state index contributed by atoms with van der Waals surface area (Å²) < 4.78 is 9.19. The van der Waals surface area contributed by atoms with Crippen LogP contribution in [0, 0.1) is 0 Å². The Morgan fingerprint density at radius 2 is 1.02 bits per heavy atom. The molecule has 0 aliphatic heterocycles. The van der Waals surface area contributed by atoms with Gasteiger partial charge in [-0.3, -0.25) is 0 Å². The van der Waals surface area contributed by atoms with Crippen LogP contribution in [0.25, 0.3) is 85.9 Å². The molecule has 0 aliphatic rings. The maximum atomic E-state index is 6.64. The number of furan rings is 1. The Morgan fingerprint density at radius 3 is 1.87 bits per heavy atom. The molecule has 0 saturated heterocycles. The molecule has 11 aromatic rings. The van der Waals surface area contributed by atoms with Crippen LogP contribution in [0.1, 0.15) is 0 Å². The molecule has 0 atom stereocenters. The van der Waals surface area contributed by atoms with E-state index in [4.69, 9.17) is 4.42 Å². The summed E-state index contributed by atoms with van der Waals surface area (Å²) in [6.45, 7) is 0. The third-order valence-corrected chi connectivity index (χ3v) is 11.9. The van der Waals surface area contributed by atoms with Crippen molar-refractivity contribution >= 4 is 92.1 Å². The van der Waals surface area contributed by atoms with E-state index < -0.39 is 0 Å². The number of anilines is 3. The predicted octanol–water partition coefficient (Wildman–Crippen LogP) is 15.1. The Hall–Kier alpha value is -6.68. The van der Waals surface area contributed by atoms with Gasteiger partial charge in [-0.1, -0.05) is 127 Å². The van der Waals surface area contributed by atoms with E-state index in [1.165, 1.54) is 58.4 Å². The molecule has 2 aromatic heterocycles. The van der Waals surface area contributed by atoms with Crippen molar-refractivity contribution in [2.75, 3.05) is 4.90 Å². The van der Waals surface area contributed by atoms with E-state index in [9.17, 15) is 0 Å². The van der Waals surface area contributed by atoms with E-state index in [2.05, 4.69) is 193 Å². The summed E-state index contributed by atoms with van der Waals surface area (Å²) in [5.41, 5.74) is 9.81. The van der Waals surface area contributed by atoms with Gasteiger partial charge in [0.1, 0.15) is 11.2 Å². The van der Waals surface area contributed by atoms with E-state index in [1.807, 2.05) is 11.3 Å². The van der Waals surface area contributed by atoms with E-state index in [1.54, 1.807) is 0 Å². The van der Waals surface area contributed by atoms with Crippen LogP contribution < -0.4 is 4.90 Å². The van der Waals surface area contributed by atoms with Gasteiger partial charge < -0.3 is 9.32 Å². The summed E-state index contributed by atoms with van der Waals surface area (Å²) in [7, 11) is 0. The van der Waals surface area contributed by atoms with Crippen LogP contribution in [-0.2, 0) is 0 Å². The first-order chi connectivity index (χ1) is 26.3. The second-order valence-electron chi connectivity index (χ2n) is 13.7. The lowest BCUT2D eigenvalue weighted by Gasteiger charge is -2.26. The SMILES string of the molecule is c1ccc(-c2ccc3c(c2)oc2cc(N(c4ccc(-c5cc6ccccc6c6ccccc56)cc4)c4cccc5c4sc4ccccc45)ccc23)cc1. The van der Waals surface area contributed by atoms with Gasteiger partial charge in [0, 0.05) is 43.7 Å². The normalized spacial score (nSPS) is 11.8. The van der Waals surface area contributed by atoms with Crippen molar-refractivity contribution in [1.82, 2.24) is 0 Å². The highest BCUT2D eigenvalue weighted by atomic mass is 32.1. The van der Waals surface area contributed by atoms with Gasteiger partial charge in [0.2, 0.25) is 0 Å². The molecule has 0 unspecified atom stereocenters. The van der Waals surface area contributed by atoms with Crippen LogP contribution in [0.5, 0.6) is 0 Å². The van der Waals surface area contributed by atoms with E-state index in [0.29, 0.717) is 0 Å². The van der Waals surface area contributed by atoms with Gasteiger partial charge in [-0.05, 0) is 98.4 Å².